The van der Waals surface area contributed by atoms with Crippen LogP contribution in [-0.4, -0.2) is 160 Å². The van der Waals surface area contributed by atoms with Crippen molar-refractivity contribution in [1.29, 1.82) is 0 Å². The van der Waals surface area contributed by atoms with E-state index in [1.54, 1.807) is 48.5 Å². The average molecular weight is 879 g/mol. The third-order valence-corrected chi connectivity index (χ3v) is 11.7. The molecule has 0 heterocycles. The van der Waals surface area contributed by atoms with Crippen molar-refractivity contribution in [3.05, 3.63) is 120 Å². The van der Waals surface area contributed by atoms with Crippen LogP contribution in [0.4, 0.5) is 17.6 Å². The summed E-state index contributed by atoms with van der Waals surface area (Å²) in [5.41, 5.74) is 2.88. The van der Waals surface area contributed by atoms with E-state index in [9.17, 15) is 17.6 Å². The van der Waals surface area contributed by atoms with Crippen molar-refractivity contribution in [2.45, 2.75) is 0 Å². The van der Waals surface area contributed by atoms with E-state index in [4.69, 9.17) is 19.1 Å². The second kappa shape index (κ2) is 24.5. The van der Waals surface area contributed by atoms with E-state index in [0.29, 0.717) is 48.0 Å². The maximum absolute atomic E-state index is 14.3. The van der Waals surface area contributed by atoms with Crippen LogP contribution in [0.5, 0.6) is 0 Å². The minimum atomic E-state index is -3.03. The lowest BCUT2D eigenvalue weighted by atomic mass is 9.13. The zero-order chi connectivity index (χ0) is 46.0. The molecule has 0 aliphatic carbocycles. The summed E-state index contributed by atoms with van der Waals surface area (Å²) in [6.45, 7) is 2.36. The Morgan fingerprint density at radius 3 is 1.00 bits per heavy atom. The van der Waals surface area contributed by atoms with Gasteiger partial charge < -0.3 is 40.9 Å². The van der Waals surface area contributed by atoms with Crippen molar-refractivity contribution in [3.8, 4) is 0 Å². The molecule has 0 saturated carbocycles. The van der Waals surface area contributed by atoms with Gasteiger partial charge in [-0.3, -0.25) is 0 Å². The van der Waals surface area contributed by atoms with Crippen LogP contribution in [-0.2, 0) is 0 Å². The van der Waals surface area contributed by atoms with Crippen molar-refractivity contribution in [3.63, 3.8) is 0 Å². The molecule has 336 valence electrons. The van der Waals surface area contributed by atoms with Crippen LogP contribution < -0.4 is 43.1 Å². The first-order valence-corrected chi connectivity index (χ1v) is 21.8. The summed E-state index contributed by atoms with van der Waals surface area (Å²) in [5.74, 6) is 0.453. The molecule has 0 aromatic heterocycles. The molecule has 0 saturated heterocycles. The summed E-state index contributed by atoms with van der Waals surface area (Å²) in [4.78, 5) is 7.90. The highest BCUT2D eigenvalue weighted by Crippen LogP contribution is 2.66. The first-order valence-electron chi connectivity index (χ1n) is 20.2. The largest absolute Gasteiger partial charge is 0.500 e. The zero-order valence-corrected chi connectivity index (χ0v) is 39.1. The highest BCUT2D eigenvalue weighted by Gasteiger charge is 2.45. The average Bonchev–Trinajstić information content (AvgIpc) is 3.20. The predicted molar refractivity (Wildman–Crippen MR) is 257 cm³/mol. The molecule has 0 radical (unpaired) electrons. The second-order valence-corrected chi connectivity index (χ2v) is 17.3. The number of amidine groups is 2. The van der Waals surface area contributed by atoms with Crippen LogP contribution in [0, 0.1) is 23.3 Å². The first-order chi connectivity index (χ1) is 29.5. The number of likely N-dealkylation sites (N-methyl/N-ethyl adjacent to an activating group) is 4. The lowest BCUT2D eigenvalue weighted by molar-refractivity contribution is 0.486. The molecule has 18 heteroatoms. The Labute approximate surface area is 366 Å². The van der Waals surface area contributed by atoms with Crippen molar-refractivity contribution in [1.82, 2.24) is 40.9 Å². The molecule has 4 rings (SSSR count). The maximum Gasteiger partial charge on any atom is 0.500 e. The van der Waals surface area contributed by atoms with Gasteiger partial charge in [-0.2, -0.15) is 21.9 Å². The molecule has 0 spiro atoms. The highest BCUT2D eigenvalue weighted by molar-refractivity contribution is 7.71. The van der Waals surface area contributed by atoms with Crippen molar-refractivity contribution >= 4 is 59.2 Å². The monoisotopic (exact) mass is 879 g/mol. The zero-order valence-electron chi connectivity index (χ0n) is 38.2. The number of hydrogen-bond acceptors (Lipinski definition) is 8. The standard InChI is InChI=1S/C24H16BF4.C20H48N12P/c26-21-9-1-5-17(13-21)25(18-6-2-10-22(27)14-18,19-7-3-11-23(28)15-19)20-8-4-12-24(29)16-20;1-21-13-17(14-22-2)25-33(26-18(15-23-3)29(5)6,27-19(16-24-4)30(7)8)28-20(31(9)10)32(11)12/h1-16H;21-24H,13-16H2,1-12H3/q-1;+1. The van der Waals surface area contributed by atoms with E-state index in [-0.39, 0.29) is 0 Å². The van der Waals surface area contributed by atoms with E-state index < -0.39 is 37.3 Å². The van der Waals surface area contributed by atoms with Crippen molar-refractivity contribution in [2.24, 2.45) is 19.1 Å². The molecule has 0 amide bonds. The topological polar surface area (TPSA) is 111 Å². The molecule has 0 aliphatic rings. The highest BCUT2D eigenvalue weighted by atomic mass is 31.2. The summed E-state index contributed by atoms with van der Waals surface area (Å²) in [6.07, 6.45) is -2.25. The molecule has 0 atom stereocenters. The third kappa shape index (κ3) is 13.9. The molecule has 62 heavy (non-hydrogen) atoms. The summed E-state index contributed by atoms with van der Waals surface area (Å²) in [5, 5.41) is 12.8. The fourth-order valence-electron chi connectivity index (χ4n) is 7.01. The predicted octanol–water partition coefficient (Wildman–Crippen LogP) is 3.00. The van der Waals surface area contributed by atoms with Gasteiger partial charge in [0, 0.05) is 69.5 Å². The van der Waals surface area contributed by atoms with Gasteiger partial charge in [0.15, 0.2) is 11.7 Å². The van der Waals surface area contributed by atoms with Gasteiger partial charge in [-0.15, -0.1) is 0 Å². The molecular formula is C44H64BF4N12P. The Morgan fingerprint density at radius 1 is 0.452 bits per heavy atom. The van der Waals surface area contributed by atoms with Gasteiger partial charge in [0.2, 0.25) is 5.96 Å². The number of nitrogens with zero attached hydrogens (tertiary/aromatic N) is 8. The van der Waals surface area contributed by atoms with Gasteiger partial charge >= 0.3 is 7.87 Å². The van der Waals surface area contributed by atoms with Gasteiger partial charge in [0.05, 0.1) is 18.8 Å². The van der Waals surface area contributed by atoms with Gasteiger partial charge in [-0.1, -0.05) is 77.6 Å². The number of halogens is 4. The Balaban J connectivity index is 0.000000332. The number of nitrogens with one attached hydrogen (secondary N) is 4. The summed E-state index contributed by atoms with van der Waals surface area (Å²) in [6, 6.07) is 23.5. The number of rotatable bonds is 16. The second-order valence-electron chi connectivity index (χ2n) is 15.4. The van der Waals surface area contributed by atoms with E-state index in [1.165, 1.54) is 48.5 Å². The lowest BCUT2D eigenvalue weighted by Crippen LogP contribution is -2.75. The van der Waals surface area contributed by atoms with Crippen LogP contribution >= 0.6 is 7.87 Å². The summed E-state index contributed by atoms with van der Waals surface area (Å²) >= 11 is 0. The molecule has 0 fully saturated rings. The quantitative estimate of drug-likeness (QED) is 0.0448. The fourth-order valence-corrected chi connectivity index (χ4v) is 9.52. The van der Waals surface area contributed by atoms with Crippen LogP contribution in [0.2, 0.25) is 0 Å². The molecule has 0 aliphatic heterocycles. The van der Waals surface area contributed by atoms with Gasteiger partial charge in [-0.25, -0.2) is 17.6 Å². The van der Waals surface area contributed by atoms with Crippen LogP contribution in [0.15, 0.2) is 116 Å². The Bertz CT molecular complexity index is 1930. The van der Waals surface area contributed by atoms with Gasteiger partial charge in [-0.05, 0) is 66.7 Å². The van der Waals surface area contributed by atoms with Crippen LogP contribution in [0.1, 0.15) is 0 Å². The van der Waals surface area contributed by atoms with Crippen LogP contribution in [0.25, 0.3) is 0 Å². The van der Waals surface area contributed by atoms with E-state index in [2.05, 4.69) is 21.3 Å². The van der Waals surface area contributed by atoms with E-state index >= 15 is 0 Å². The molecule has 0 unspecified atom stereocenters. The minimum absolute atomic E-state index is 0.488. The third-order valence-electron chi connectivity index (χ3n) is 9.66. The molecule has 4 aromatic rings. The van der Waals surface area contributed by atoms with Crippen molar-refractivity contribution < 1.29 is 17.6 Å². The number of guanidine groups is 1. The normalized spacial score (nSPS) is 12.7. The van der Waals surface area contributed by atoms with Crippen molar-refractivity contribution in [2.75, 3.05) is 111 Å². The SMILES string of the molecule is CNCC(CNC)=N[P+](N=C(CNC)N(C)C)(N=C(CNC)N(C)C)N=C(N(C)C)N(C)C.Fc1cccc([B-](c2cccc(F)c2)(c2cccc(F)c2)c2cccc(F)c2)c1. The summed E-state index contributed by atoms with van der Waals surface area (Å²) in [7, 11) is 20.4. The number of hydrogen-bond donors (Lipinski definition) is 4. The summed E-state index contributed by atoms with van der Waals surface area (Å²) < 4.78 is 77.8. The lowest BCUT2D eigenvalue weighted by Gasteiger charge is -2.44. The molecular weight excluding hydrogens is 814 g/mol. The molecule has 12 nitrogen and oxygen atoms in total. The smallest absolute Gasteiger partial charge is 0.362 e. The van der Waals surface area contributed by atoms with E-state index in [1.807, 2.05) is 104 Å². The fraction of sp³-hybridized carbons (Fsp3) is 0.364. The molecule has 4 aromatic carbocycles. The van der Waals surface area contributed by atoms with Gasteiger partial charge in [0.1, 0.15) is 29.4 Å². The first kappa shape index (κ1) is 51.2. The number of benzene rings is 4. The minimum Gasteiger partial charge on any atom is -0.362 e. The Morgan fingerprint density at radius 2 is 0.758 bits per heavy atom. The Hall–Kier alpha value is -5.19. The molecule has 4 N–H and O–H groups in total. The Kier molecular flexibility index (Phi) is 20.2. The van der Waals surface area contributed by atoms with Crippen LogP contribution in [0.3, 0.4) is 0 Å². The van der Waals surface area contributed by atoms with Gasteiger partial charge in [0.25, 0.3) is 0 Å². The molecule has 0 bridgehead atoms. The van der Waals surface area contributed by atoms with E-state index in [0.717, 1.165) is 23.3 Å². The maximum atomic E-state index is 14.3.